The van der Waals surface area contributed by atoms with Crippen molar-refractivity contribution in [3.05, 3.63) is 46.7 Å². The molecule has 1 N–H and O–H groups in total. The van der Waals surface area contributed by atoms with Crippen molar-refractivity contribution >= 4 is 23.0 Å². The van der Waals surface area contributed by atoms with Crippen LogP contribution in [-0.4, -0.2) is 19.7 Å². The number of hydrogen-bond donors (Lipinski definition) is 1. The SMILES string of the molecule is CCOC(=O)C(Nc1ccccc1OC)c1cccs1. The van der Waals surface area contributed by atoms with Crippen LogP contribution in [0.4, 0.5) is 5.69 Å². The zero-order valence-electron chi connectivity index (χ0n) is 11.5. The van der Waals surface area contributed by atoms with Gasteiger partial charge in [-0.15, -0.1) is 11.3 Å². The molecule has 0 spiro atoms. The second-order valence-electron chi connectivity index (χ2n) is 4.05. The first-order valence-electron chi connectivity index (χ1n) is 6.35. The van der Waals surface area contributed by atoms with E-state index in [9.17, 15) is 4.79 Å². The number of benzene rings is 1. The van der Waals surface area contributed by atoms with Gasteiger partial charge in [0.25, 0.3) is 0 Å². The number of anilines is 1. The van der Waals surface area contributed by atoms with Crippen molar-refractivity contribution in [3.63, 3.8) is 0 Å². The molecule has 106 valence electrons. The topological polar surface area (TPSA) is 47.6 Å². The van der Waals surface area contributed by atoms with Crippen LogP contribution in [0.25, 0.3) is 0 Å². The lowest BCUT2D eigenvalue weighted by molar-refractivity contribution is -0.144. The fraction of sp³-hybridized carbons (Fsp3) is 0.267. The minimum absolute atomic E-state index is 0.291. The molecule has 2 aromatic rings. The van der Waals surface area contributed by atoms with E-state index in [1.807, 2.05) is 41.8 Å². The molecule has 0 radical (unpaired) electrons. The first-order chi connectivity index (χ1) is 9.76. The number of ether oxygens (including phenoxy) is 2. The van der Waals surface area contributed by atoms with Crippen LogP contribution in [0.15, 0.2) is 41.8 Å². The standard InChI is InChI=1S/C15H17NO3S/c1-3-19-15(17)14(13-9-6-10-20-13)16-11-7-4-5-8-12(11)18-2/h4-10,14,16H,3H2,1-2H3. The summed E-state index contributed by atoms with van der Waals surface area (Å²) in [6, 6.07) is 10.8. The van der Waals surface area contributed by atoms with E-state index in [1.165, 1.54) is 11.3 Å². The number of esters is 1. The minimum atomic E-state index is -0.522. The first-order valence-corrected chi connectivity index (χ1v) is 7.23. The van der Waals surface area contributed by atoms with Crippen molar-refractivity contribution in [1.82, 2.24) is 0 Å². The van der Waals surface area contributed by atoms with Gasteiger partial charge >= 0.3 is 5.97 Å². The average molecular weight is 291 g/mol. The Bertz CT molecular complexity index is 554. The molecule has 1 aromatic heterocycles. The van der Waals surface area contributed by atoms with Gasteiger partial charge in [-0.3, -0.25) is 0 Å². The summed E-state index contributed by atoms with van der Waals surface area (Å²) in [5.74, 6) is 0.402. The Kier molecular flexibility index (Phi) is 5.01. The Labute approximate surface area is 122 Å². The van der Waals surface area contributed by atoms with Gasteiger partial charge in [0.05, 0.1) is 19.4 Å². The van der Waals surface area contributed by atoms with Crippen LogP contribution in [0.3, 0.4) is 0 Å². The van der Waals surface area contributed by atoms with Crippen molar-refractivity contribution in [1.29, 1.82) is 0 Å². The summed E-state index contributed by atoms with van der Waals surface area (Å²) in [7, 11) is 1.60. The second kappa shape index (κ2) is 6.96. The van der Waals surface area contributed by atoms with Gasteiger partial charge < -0.3 is 14.8 Å². The smallest absolute Gasteiger partial charge is 0.334 e. The monoisotopic (exact) mass is 291 g/mol. The summed E-state index contributed by atoms with van der Waals surface area (Å²) in [4.78, 5) is 13.0. The van der Waals surface area contributed by atoms with Gasteiger partial charge in [-0.05, 0) is 30.5 Å². The molecule has 0 saturated heterocycles. The lowest BCUT2D eigenvalue weighted by Crippen LogP contribution is -2.22. The van der Waals surface area contributed by atoms with E-state index in [-0.39, 0.29) is 5.97 Å². The molecule has 0 bridgehead atoms. The molecule has 4 nitrogen and oxygen atoms in total. The third-order valence-electron chi connectivity index (χ3n) is 2.76. The summed E-state index contributed by atoms with van der Waals surface area (Å²) >= 11 is 1.51. The number of para-hydroxylation sites is 2. The van der Waals surface area contributed by atoms with Crippen molar-refractivity contribution in [2.24, 2.45) is 0 Å². The average Bonchev–Trinajstić information content (AvgIpc) is 2.99. The summed E-state index contributed by atoms with van der Waals surface area (Å²) in [5.41, 5.74) is 0.765. The van der Waals surface area contributed by atoms with Crippen LogP contribution < -0.4 is 10.1 Å². The highest BCUT2D eigenvalue weighted by Crippen LogP contribution is 2.30. The van der Waals surface area contributed by atoms with E-state index < -0.39 is 6.04 Å². The first kappa shape index (κ1) is 14.4. The van der Waals surface area contributed by atoms with Gasteiger partial charge in [-0.25, -0.2) is 4.79 Å². The van der Waals surface area contributed by atoms with Crippen molar-refractivity contribution in [3.8, 4) is 5.75 Å². The summed E-state index contributed by atoms with van der Waals surface area (Å²) in [6.45, 7) is 2.15. The Morgan fingerprint density at radius 2 is 2.10 bits per heavy atom. The number of hydrogen-bond acceptors (Lipinski definition) is 5. The maximum Gasteiger partial charge on any atom is 0.334 e. The third kappa shape index (κ3) is 3.30. The molecular formula is C15H17NO3S. The molecule has 0 amide bonds. The summed E-state index contributed by atoms with van der Waals surface area (Å²) in [5, 5.41) is 5.13. The second-order valence-corrected chi connectivity index (χ2v) is 5.02. The molecule has 0 saturated carbocycles. The molecule has 1 atom stereocenters. The lowest BCUT2D eigenvalue weighted by Gasteiger charge is -2.18. The summed E-state index contributed by atoms with van der Waals surface area (Å²) in [6.07, 6.45) is 0. The molecule has 0 aliphatic rings. The van der Waals surface area contributed by atoms with E-state index in [0.29, 0.717) is 12.4 Å². The Hall–Kier alpha value is -2.01. The van der Waals surface area contributed by atoms with E-state index in [4.69, 9.17) is 9.47 Å². The van der Waals surface area contributed by atoms with Crippen molar-refractivity contribution < 1.29 is 14.3 Å². The molecule has 1 unspecified atom stereocenters. The van der Waals surface area contributed by atoms with Gasteiger partial charge in [0, 0.05) is 4.88 Å². The number of carbonyl (C=O) groups excluding carboxylic acids is 1. The van der Waals surface area contributed by atoms with E-state index in [0.717, 1.165) is 10.6 Å². The largest absolute Gasteiger partial charge is 0.495 e. The summed E-state index contributed by atoms with van der Waals surface area (Å²) < 4.78 is 10.4. The number of nitrogens with one attached hydrogen (secondary N) is 1. The number of rotatable bonds is 6. The highest BCUT2D eigenvalue weighted by molar-refractivity contribution is 7.10. The number of thiophene rings is 1. The maximum absolute atomic E-state index is 12.1. The number of methoxy groups -OCH3 is 1. The van der Waals surface area contributed by atoms with Crippen LogP contribution >= 0.6 is 11.3 Å². The quantitative estimate of drug-likeness (QED) is 0.828. The Balaban J connectivity index is 2.26. The maximum atomic E-state index is 12.1. The molecule has 0 aliphatic carbocycles. The Morgan fingerprint density at radius 1 is 1.30 bits per heavy atom. The van der Waals surface area contributed by atoms with Crippen LogP contribution in [0.2, 0.25) is 0 Å². The predicted molar refractivity (Wildman–Crippen MR) is 80.3 cm³/mol. The molecule has 0 fully saturated rings. The minimum Gasteiger partial charge on any atom is -0.495 e. The molecule has 1 heterocycles. The molecule has 20 heavy (non-hydrogen) atoms. The normalized spacial score (nSPS) is 11.7. The molecular weight excluding hydrogens is 274 g/mol. The van der Waals surface area contributed by atoms with Gasteiger partial charge in [-0.1, -0.05) is 18.2 Å². The van der Waals surface area contributed by atoms with Crippen molar-refractivity contribution in [2.75, 3.05) is 19.0 Å². The van der Waals surface area contributed by atoms with E-state index in [2.05, 4.69) is 5.32 Å². The zero-order chi connectivity index (χ0) is 14.4. The lowest BCUT2D eigenvalue weighted by atomic mass is 10.2. The number of carbonyl (C=O) groups is 1. The Morgan fingerprint density at radius 3 is 2.75 bits per heavy atom. The fourth-order valence-corrected chi connectivity index (χ4v) is 2.61. The van der Waals surface area contributed by atoms with E-state index >= 15 is 0 Å². The van der Waals surface area contributed by atoms with Crippen LogP contribution in [-0.2, 0) is 9.53 Å². The zero-order valence-corrected chi connectivity index (χ0v) is 12.3. The highest BCUT2D eigenvalue weighted by Gasteiger charge is 2.23. The van der Waals surface area contributed by atoms with Crippen LogP contribution in [0, 0.1) is 0 Å². The fourth-order valence-electron chi connectivity index (χ4n) is 1.85. The van der Waals surface area contributed by atoms with Crippen LogP contribution in [0.1, 0.15) is 17.8 Å². The highest BCUT2D eigenvalue weighted by atomic mass is 32.1. The molecule has 5 heteroatoms. The van der Waals surface area contributed by atoms with Gasteiger partial charge in [0.2, 0.25) is 0 Å². The predicted octanol–water partition coefficient (Wildman–Crippen LogP) is 3.47. The molecule has 2 rings (SSSR count). The third-order valence-corrected chi connectivity index (χ3v) is 3.69. The van der Waals surface area contributed by atoms with Gasteiger partial charge in [0.1, 0.15) is 5.75 Å². The van der Waals surface area contributed by atoms with E-state index in [1.54, 1.807) is 14.0 Å². The van der Waals surface area contributed by atoms with Crippen molar-refractivity contribution in [2.45, 2.75) is 13.0 Å². The van der Waals surface area contributed by atoms with Gasteiger partial charge in [0.15, 0.2) is 6.04 Å². The van der Waals surface area contributed by atoms with Crippen LogP contribution in [0.5, 0.6) is 5.75 Å². The van der Waals surface area contributed by atoms with Gasteiger partial charge in [-0.2, -0.15) is 0 Å². The molecule has 0 aliphatic heterocycles. The molecule has 1 aromatic carbocycles.